The van der Waals surface area contributed by atoms with E-state index in [1.165, 1.54) is 6.33 Å². The number of carbonyl (C=O) groups is 1. The molecule has 0 bridgehead atoms. The number of rotatable bonds is 4. The van der Waals surface area contributed by atoms with Gasteiger partial charge >= 0.3 is 0 Å². The predicted octanol–water partition coefficient (Wildman–Crippen LogP) is 1.94. The average molecular weight is 318 g/mol. The van der Waals surface area contributed by atoms with Crippen LogP contribution in [0.5, 0.6) is 11.6 Å². The minimum absolute atomic E-state index is 0.00965. The van der Waals surface area contributed by atoms with Gasteiger partial charge in [0.15, 0.2) is 0 Å². The number of hydrogen-bond acceptors (Lipinski definition) is 5. The summed E-state index contributed by atoms with van der Waals surface area (Å²) in [5.74, 6) is 0.311. The first-order valence-corrected chi connectivity index (χ1v) is 6.73. The Labute approximate surface area is 130 Å². The smallest absolute Gasteiger partial charge is 0.247 e. The highest BCUT2D eigenvalue weighted by atomic mass is 35.5. The van der Waals surface area contributed by atoms with E-state index in [2.05, 4.69) is 9.97 Å². The van der Waals surface area contributed by atoms with Gasteiger partial charge in [-0.25, -0.2) is 4.98 Å². The van der Waals surface area contributed by atoms with Crippen molar-refractivity contribution < 1.29 is 9.53 Å². The summed E-state index contributed by atoms with van der Waals surface area (Å²) in [6.07, 6.45) is 3.08. The Balaban J connectivity index is 2.04. The van der Waals surface area contributed by atoms with E-state index in [-0.39, 0.29) is 6.54 Å². The Morgan fingerprint density at radius 1 is 1.32 bits per heavy atom. The maximum Gasteiger partial charge on any atom is 0.247 e. The van der Waals surface area contributed by atoms with E-state index in [4.69, 9.17) is 27.8 Å². The van der Waals surface area contributed by atoms with E-state index >= 15 is 0 Å². The molecule has 0 radical (unpaired) electrons. The topological polar surface area (TPSA) is 109 Å². The number of anilines is 1. The first-order valence-electron chi connectivity index (χ1n) is 6.35. The molecule has 8 heteroatoms. The molecule has 1 amide bonds. The number of nitrogens with zero attached hydrogens (tertiary/aromatic N) is 3. The number of carbonyl (C=O) groups excluding carboxylic acids is 1. The van der Waals surface area contributed by atoms with Crippen LogP contribution in [0.2, 0.25) is 5.02 Å². The summed E-state index contributed by atoms with van der Waals surface area (Å²) in [7, 11) is 0. The number of aromatic nitrogens is 3. The zero-order valence-electron chi connectivity index (χ0n) is 11.4. The number of benzene rings is 1. The molecule has 0 spiro atoms. The van der Waals surface area contributed by atoms with Crippen LogP contribution in [-0.4, -0.2) is 20.4 Å². The molecule has 2 aromatic heterocycles. The second kappa shape index (κ2) is 5.53. The minimum atomic E-state index is -0.470. The molecule has 3 rings (SSSR count). The molecule has 2 heterocycles. The molecule has 0 aliphatic heterocycles. The third-order valence-electron chi connectivity index (χ3n) is 3.03. The van der Waals surface area contributed by atoms with Crippen molar-refractivity contribution in [3.05, 3.63) is 41.8 Å². The van der Waals surface area contributed by atoms with Gasteiger partial charge < -0.3 is 20.8 Å². The first kappa shape index (κ1) is 14.2. The molecule has 22 heavy (non-hydrogen) atoms. The van der Waals surface area contributed by atoms with Gasteiger partial charge in [-0.15, -0.1) is 0 Å². The van der Waals surface area contributed by atoms with Crippen LogP contribution in [0.1, 0.15) is 0 Å². The summed E-state index contributed by atoms with van der Waals surface area (Å²) in [5.41, 5.74) is 12.6. The highest BCUT2D eigenvalue weighted by molar-refractivity contribution is 6.33. The molecule has 112 valence electrons. The lowest BCUT2D eigenvalue weighted by molar-refractivity contribution is -0.118. The van der Waals surface area contributed by atoms with Crippen LogP contribution in [0.4, 0.5) is 5.69 Å². The van der Waals surface area contributed by atoms with Crippen molar-refractivity contribution in [1.29, 1.82) is 0 Å². The SMILES string of the molecule is NC(=O)Cn1ccc2ncnc(Oc3ccc(N)c(Cl)c3)c21. The van der Waals surface area contributed by atoms with Crippen molar-refractivity contribution in [3.63, 3.8) is 0 Å². The lowest BCUT2D eigenvalue weighted by Crippen LogP contribution is -2.18. The quantitative estimate of drug-likeness (QED) is 0.715. The summed E-state index contributed by atoms with van der Waals surface area (Å²) in [6, 6.07) is 6.66. The second-order valence-corrected chi connectivity index (χ2v) is 5.02. The number of nitrogen functional groups attached to an aromatic ring is 1. The maximum atomic E-state index is 11.2. The third-order valence-corrected chi connectivity index (χ3v) is 3.36. The highest BCUT2D eigenvalue weighted by Gasteiger charge is 2.13. The van der Waals surface area contributed by atoms with Gasteiger partial charge in [0.2, 0.25) is 11.8 Å². The predicted molar refractivity (Wildman–Crippen MR) is 82.7 cm³/mol. The zero-order chi connectivity index (χ0) is 15.7. The molecule has 0 saturated carbocycles. The van der Waals surface area contributed by atoms with Gasteiger partial charge in [0, 0.05) is 12.3 Å². The number of halogens is 1. The van der Waals surface area contributed by atoms with Crippen molar-refractivity contribution in [3.8, 4) is 11.6 Å². The van der Waals surface area contributed by atoms with Crippen molar-refractivity contribution in [2.24, 2.45) is 5.73 Å². The fraction of sp³-hybridized carbons (Fsp3) is 0.0714. The van der Waals surface area contributed by atoms with E-state index in [0.29, 0.717) is 33.4 Å². The van der Waals surface area contributed by atoms with E-state index in [9.17, 15) is 4.79 Å². The van der Waals surface area contributed by atoms with Crippen LogP contribution in [0.15, 0.2) is 36.8 Å². The van der Waals surface area contributed by atoms with Gasteiger partial charge in [-0.1, -0.05) is 11.6 Å². The van der Waals surface area contributed by atoms with Gasteiger partial charge in [0.05, 0.1) is 16.2 Å². The zero-order valence-corrected chi connectivity index (χ0v) is 12.1. The molecule has 0 atom stereocenters. The van der Waals surface area contributed by atoms with Gasteiger partial charge in [0.1, 0.15) is 24.1 Å². The summed E-state index contributed by atoms with van der Waals surface area (Å²) >= 11 is 5.97. The average Bonchev–Trinajstić information content (AvgIpc) is 2.86. The minimum Gasteiger partial charge on any atom is -0.437 e. The summed E-state index contributed by atoms with van der Waals surface area (Å²) in [6.45, 7) is 0.00965. The summed E-state index contributed by atoms with van der Waals surface area (Å²) < 4.78 is 7.37. The standard InChI is InChI=1S/C14H12ClN5O2/c15-9-5-8(1-2-10(9)16)22-14-13-11(18-7-19-14)3-4-20(13)6-12(17)21/h1-5,7H,6,16H2,(H2,17,21). The number of primary amides is 1. The lowest BCUT2D eigenvalue weighted by atomic mass is 10.3. The number of fused-ring (bicyclic) bond motifs is 1. The fourth-order valence-corrected chi connectivity index (χ4v) is 2.23. The van der Waals surface area contributed by atoms with Crippen LogP contribution in [0.3, 0.4) is 0 Å². The molecule has 0 aliphatic carbocycles. The van der Waals surface area contributed by atoms with Gasteiger partial charge in [-0.3, -0.25) is 4.79 Å². The summed E-state index contributed by atoms with van der Waals surface area (Å²) in [4.78, 5) is 19.4. The van der Waals surface area contributed by atoms with Crippen molar-refractivity contribution in [2.45, 2.75) is 6.54 Å². The van der Waals surface area contributed by atoms with Crippen LogP contribution in [0, 0.1) is 0 Å². The molecule has 0 saturated heterocycles. The molecule has 4 N–H and O–H groups in total. The Hall–Kier alpha value is -2.80. The van der Waals surface area contributed by atoms with E-state index in [1.807, 2.05) is 0 Å². The third kappa shape index (κ3) is 2.66. The molecule has 0 unspecified atom stereocenters. The molecule has 3 aromatic rings. The van der Waals surface area contributed by atoms with E-state index in [0.717, 1.165) is 0 Å². The van der Waals surface area contributed by atoms with E-state index < -0.39 is 5.91 Å². The van der Waals surface area contributed by atoms with Crippen LogP contribution in [-0.2, 0) is 11.3 Å². The highest BCUT2D eigenvalue weighted by Crippen LogP contribution is 2.30. The fourth-order valence-electron chi connectivity index (χ4n) is 2.06. The van der Waals surface area contributed by atoms with Gasteiger partial charge in [-0.2, -0.15) is 4.98 Å². The molecule has 0 fully saturated rings. The Bertz CT molecular complexity index is 862. The number of amides is 1. The van der Waals surface area contributed by atoms with E-state index in [1.54, 1.807) is 35.0 Å². The maximum absolute atomic E-state index is 11.2. The number of ether oxygens (including phenoxy) is 1. The molecular formula is C14H12ClN5O2. The Kier molecular flexibility index (Phi) is 3.56. The molecule has 7 nitrogen and oxygen atoms in total. The molecular weight excluding hydrogens is 306 g/mol. The Morgan fingerprint density at radius 3 is 2.86 bits per heavy atom. The normalized spacial score (nSPS) is 10.8. The van der Waals surface area contributed by atoms with Gasteiger partial charge in [0.25, 0.3) is 0 Å². The largest absolute Gasteiger partial charge is 0.437 e. The molecule has 1 aromatic carbocycles. The monoisotopic (exact) mass is 317 g/mol. The Morgan fingerprint density at radius 2 is 2.14 bits per heavy atom. The second-order valence-electron chi connectivity index (χ2n) is 4.61. The van der Waals surface area contributed by atoms with Crippen LogP contribution >= 0.6 is 11.6 Å². The lowest BCUT2D eigenvalue weighted by Gasteiger charge is -2.09. The number of nitrogens with two attached hydrogens (primary N) is 2. The van der Waals surface area contributed by atoms with Crippen molar-refractivity contribution >= 4 is 34.2 Å². The summed E-state index contributed by atoms with van der Waals surface area (Å²) in [5, 5.41) is 0.385. The van der Waals surface area contributed by atoms with Crippen molar-refractivity contribution in [1.82, 2.24) is 14.5 Å². The van der Waals surface area contributed by atoms with Crippen LogP contribution in [0.25, 0.3) is 11.0 Å². The number of hydrogen-bond donors (Lipinski definition) is 2. The van der Waals surface area contributed by atoms with Crippen LogP contribution < -0.4 is 16.2 Å². The molecule has 0 aliphatic rings. The van der Waals surface area contributed by atoms with Crippen molar-refractivity contribution in [2.75, 3.05) is 5.73 Å². The first-order chi connectivity index (χ1) is 10.5. The van der Waals surface area contributed by atoms with Gasteiger partial charge in [-0.05, 0) is 18.2 Å².